The Labute approximate surface area is 147 Å². The first-order valence-corrected chi connectivity index (χ1v) is 8.83. The van der Waals surface area contributed by atoms with Crippen LogP contribution in [0.2, 0.25) is 0 Å². The van der Waals surface area contributed by atoms with E-state index in [-0.39, 0.29) is 0 Å². The van der Waals surface area contributed by atoms with Gasteiger partial charge in [-0.3, -0.25) is 0 Å². The molecule has 0 amide bonds. The van der Waals surface area contributed by atoms with Crippen LogP contribution in [0.25, 0.3) is 10.8 Å². The lowest BCUT2D eigenvalue weighted by atomic mass is 10.0. The number of hydrogen-bond donors (Lipinski definition) is 0. The normalized spacial score (nSPS) is 15.4. The maximum atomic E-state index is 9.39. The van der Waals surface area contributed by atoms with Gasteiger partial charge in [0.1, 0.15) is 5.76 Å². The third-order valence-corrected chi connectivity index (χ3v) is 4.87. The van der Waals surface area contributed by atoms with E-state index in [2.05, 4.69) is 28.2 Å². The quantitative estimate of drug-likeness (QED) is 0.712. The van der Waals surface area contributed by atoms with Gasteiger partial charge in [-0.1, -0.05) is 24.3 Å². The molecule has 0 spiro atoms. The van der Waals surface area contributed by atoms with Crippen molar-refractivity contribution in [1.29, 1.82) is 5.26 Å². The van der Waals surface area contributed by atoms with Crippen LogP contribution in [0.15, 0.2) is 59.2 Å². The molecule has 0 aliphatic carbocycles. The van der Waals surface area contributed by atoms with Crippen LogP contribution in [0.3, 0.4) is 0 Å². The van der Waals surface area contributed by atoms with E-state index >= 15 is 0 Å². The van der Waals surface area contributed by atoms with Crippen LogP contribution < -0.4 is 5.01 Å². The molecule has 1 aliphatic heterocycles. The highest BCUT2D eigenvalue weighted by Crippen LogP contribution is 2.32. The maximum absolute atomic E-state index is 9.39. The van der Waals surface area contributed by atoms with E-state index in [1.807, 2.05) is 36.4 Å². The van der Waals surface area contributed by atoms with Gasteiger partial charge in [0.2, 0.25) is 0 Å². The molecule has 1 aromatic heterocycles. The van der Waals surface area contributed by atoms with Gasteiger partial charge in [-0.15, -0.1) is 0 Å². The molecule has 2 heterocycles. The van der Waals surface area contributed by atoms with Gasteiger partial charge < -0.3 is 9.43 Å². The minimum atomic E-state index is 0.735. The van der Waals surface area contributed by atoms with Crippen LogP contribution in [0.1, 0.15) is 24.2 Å². The average molecular weight is 331 g/mol. The number of hydrogen-bond acceptors (Lipinski definition) is 4. The molecule has 25 heavy (non-hydrogen) atoms. The minimum absolute atomic E-state index is 0.735. The topological polar surface area (TPSA) is 43.4 Å². The van der Waals surface area contributed by atoms with Crippen LogP contribution in [0, 0.1) is 11.3 Å². The maximum Gasteiger partial charge on any atom is 0.105 e. The third kappa shape index (κ3) is 3.11. The molecule has 1 aliphatic rings. The van der Waals surface area contributed by atoms with E-state index < -0.39 is 0 Å². The predicted octanol–water partition coefficient (Wildman–Crippen LogP) is 4.36. The second-order valence-electron chi connectivity index (χ2n) is 6.40. The number of nitrogens with zero attached hydrogens (tertiary/aromatic N) is 3. The van der Waals surface area contributed by atoms with E-state index in [9.17, 15) is 5.26 Å². The smallest absolute Gasteiger partial charge is 0.105 e. The number of furan rings is 1. The van der Waals surface area contributed by atoms with Gasteiger partial charge in [-0.2, -0.15) is 5.26 Å². The first kappa shape index (κ1) is 15.7. The molecule has 4 nitrogen and oxygen atoms in total. The standard InChI is InChI=1S/C21H21N3O/c22-16-17-9-10-21(20-8-2-1-7-19(17)20)24-13-4-3-12-23(24)14-11-18-6-5-15-25-18/h1-2,5-10,15H,3-4,11-14H2. The van der Waals surface area contributed by atoms with Crippen molar-refractivity contribution in [2.24, 2.45) is 0 Å². The summed E-state index contributed by atoms with van der Waals surface area (Å²) in [4.78, 5) is 0. The summed E-state index contributed by atoms with van der Waals surface area (Å²) in [5, 5.41) is 16.4. The summed E-state index contributed by atoms with van der Waals surface area (Å²) in [7, 11) is 0. The SMILES string of the molecule is N#Cc1ccc(N2CCCCN2CCc2ccco2)c2ccccc12. The molecule has 0 N–H and O–H groups in total. The largest absolute Gasteiger partial charge is 0.469 e. The first-order chi connectivity index (χ1) is 12.4. The number of hydrazine groups is 1. The van der Waals surface area contributed by atoms with E-state index in [1.54, 1.807) is 6.26 Å². The molecule has 4 heteroatoms. The number of rotatable bonds is 4. The zero-order chi connectivity index (χ0) is 17.1. The molecule has 0 saturated carbocycles. The van der Waals surface area contributed by atoms with Crippen molar-refractivity contribution in [2.75, 3.05) is 24.6 Å². The van der Waals surface area contributed by atoms with Crippen molar-refractivity contribution < 1.29 is 4.42 Å². The number of anilines is 1. The van der Waals surface area contributed by atoms with Gasteiger partial charge >= 0.3 is 0 Å². The molecule has 3 aromatic rings. The molecule has 126 valence electrons. The Bertz CT molecular complexity index is 895. The lowest BCUT2D eigenvalue weighted by Crippen LogP contribution is -2.48. The molecular formula is C21H21N3O. The summed E-state index contributed by atoms with van der Waals surface area (Å²) >= 11 is 0. The van der Waals surface area contributed by atoms with E-state index in [0.717, 1.165) is 48.2 Å². The first-order valence-electron chi connectivity index (χ1n) is 8.83. The van der Waals surface area contributed by atoms with E-state index in [1.165, 1.54) is 18.5 Å². The predicted molar refractivity (Wildman–Crippen MR) is 99.2 cm³/mol. The van der Waals surface area contributed by atoms with Crippen LogP contribution in [0.5, 0.6) is 0 Å². The molecule has 1 fully saturated rings. The van der Waals surface area contributed by atoms with Crippen molar-refractivity contribution >= 4 is 16.5 Å². The van der Waals surface area contributed by atoms with Gasteiger partial charge in [-0.05, 0) is 37.1 Å². The minimum Gasteiger partial charge on any atom is -0.469 e. The Morgan fingerprint density at radius 2 is 1.80 bits per heavy atom. The number of benzene rings is 2. The zero-order valence-electron chi connectivity index (χ0n) is 14.2. The summed E-state index contributed by atoms with van der Waals surface area (Å²) in [6.45, 7) is 2.99. The lowest BCUT2D eigenvalue weighted by molar-refractivity contribution is 0.211. The fraction of sp³-hybridized carbons (Fsp3) is 0.286. The summed E-state index contributed by atoms with van der Waals surface area (Å²) in [6, 6.07) is 18.5. The van der Waals surface area contributed by atoms with Crippen molar-refractivity contribution in [3.8, 4) is 6.07 Å². The van der Waals surface area contributed by atoms with Crippen molar-refractivity contribution in [1.82, 2.24) is 5.01 Å². The highest BCUT2D eigenvalue weighted by atomic mass is 16.3. The molecule has 0 radical (unpaired) electrons. The molecule has 0 bridgehead atoms. The highest BCUT2D eigenvalue weighted by Gasteiger charge is 2.22. The summed E-state index contributed by atoms with van der Waals surface area (Å²) in [5.74, 6) is 1.02. The van der Waals surface area contributed by atoms with Gasteiger partial charge in [0.05, 0.1) is 23.6 Å². The number of nitriles is 1. The lowest BCUT2D eigenvalue weighted by Gasteiger charge is -2.41. The van der Waals surface area contributed by atoms with Crippen molar-refractivity contribution in [3.05, 3.63) is 66.1 Å². The second kappa shape index (κ2) is 7.00. The molecule has 2 aromatic carbocycles. The van der Waals surface area contributed by atoms with Crippen LogP contribution in [0.4, 0.5) is 5.69 Å². The number of fused-ring (bicyclic) bond motifs is 1. The van der Waals surface area contributed by atoms with E-state index in [4.69, 9.17) is 4.42 Å². The van der Waals surface area contributed by atoms with Crippen molar-refractivity contribution in [3.63, 3.8) is 0 Å². The summed E-state index contributed by atoms with van der Waals surface area (Å²) in [5.41, 5.74) is 1.92. The van der Waals surface area contributed by atoms with Gasteiger partial charge in [0.15, 0.2) is 0 Å². The van der Waals surface area contributed by atoms with E-state index in [0.29, 0.717) is 0 Å². The van der Waals surface area contributed by atoms with Gasteiger partial charge in [0, 0.05) is 36.8 Å². The Kier molecular flexibility index (Phi) is 4.41. The van der Waals surface area contributed by atoms with Crippen LogP contribution in [-0.4, -0.2) is 24.6 Å². The summed E-state index contributed by atoms with van der Waals surface area (Å²) in [6.07, 6.45) is 5.03. The fourth-order valence-electron chi connectivity index (χ4n) is 3.62. The fourth-order valence-corrected chi connectivity index (χ4v) is 3.62. The van der Waals surface area contributed by atoms with Crippen LogP contribution >= 0.6 is 0 Å². The Morgan fingerprint density at radius 3 is 2.60 bits per heavy atom. The van der Waals surface area contributed by atoms with Crippen molar-refractivity contribution in [2.45, 2.75) is 19.3 Å². The second-order valence-corrected chi connectivity index (χ2v) is 6.40. The Hall–Kier alpha value is -2.77. The molecule has 0 atom stereocenters. The average Bonchev–Trinajstić information content (AvgIpc) is 3.19. The Balaban J connectivity index is 1.66. The third-order valence-electron chi connectivity index (χ3n) is 4.87. The monoisotopic (exact) mass is 331 g/mol. The van der Waals surface area contributed by atoms with Gasteiger partial charge in [-0.25, -0.2) is 5.01 Å². The van der Waals surface area contributed by atoms with Crippen LogP contribution in [-0.2, 0) is 6.42 Å². The molecule has 0 unspecified atom stereocenters. The Morgan fingerprint density at radius 1 is 0.960 bits per heavy atom. The van der Waals surface area contributed by atoms with Gasteiger partial charge in [0.25, 0.3) is 0 Å². The molecular weight excluding hydrogens is 310 g/mol. The highest BCUT2D eigenvalue weighted by molar-refractivity contribution is 5.97. The molecule has 1 saturated heterocycles. The molecule has 4 rings (SSSR count). The summed E-state index contributed by atoms with van der Waals surface area (Å²) < 4.78 is 5.48. The zero-order valence-corrected chi connectivity index (χ0v) is 14.2.